The zero-order valence-electron chi connectivity index (χ0n) is 15.1. The van der Waals surface area contributed by atoms with Crippen molar-refractivity contribution in [1.82, 2.24) is 14.8 Å². The first kappa shape index (κ1) is 19.9. The highest BCUT2D eigenvalue weighted by atomic mass is 79.9. The van der Waals surface area contributed by atoms with Crippen molar-refractivity contribution < 1.29 is 9.84 Å². The fourth-order valence-electron chi connectivity index (χ4n) is 2.58. The highest BCUT2D eigenvalue weighted by Crippen LogP contribution is 2.33. The molecule has 0 saturated carbocycles. The monoisotopic (exact) mass is 449 g/mol. The van der Waals surface area contributed by atoms with Gasteiger partial charge in [-0.1, -0.05) is 65.6 Å². The lowest BCUT2D eigenvalue weighted by Gasteiger charge is -2.34. The molecular formula is C20H21BrClN3O2. The highest BCUT2D eigenvalue weighted by Gasteiger charge is 2.36. The number of hydrogen-bond donors (Lipinski definition) is 1. The Morgan fingerprint density at radius 3 is 2.22 bits per heavy atom. The third-order valence-corrected chi connectivity index (χ3v) is 6.10. The molecule has 142 valence electrons. The Kier molecular flexibility index (Phi) is 6.19. The minimum absolute atomic E-state index is 0.417. The number of aromatic nitrogens is 3. The van der Waals surface area contributed by atoms with Gasteiger partial charge in [0.05, 0.1) is 0 Å². The fourth-order valence-corrected chi connectivity index (χ4v) is 3.04. The summed E-state index contributed by atoms with van der Waals surface area (Å²) in [5.41, 5.74) is 1.71. The van der Waals surface area contributed by atoms with Crippen LogP contribution in [-0.2, 0) is 0 Å². The van der Waals surface area contributed by atoms with Crippen LogP contribution in [0.15, 0.2) is 61.2 Å². The summed E-state index contributed by atoms with van der Waals surface area (Å²) in [6, 6.07) is 15.4. The van der Waals surface area contributed by atoms with E-state index in [0.717, 1.165) is 11.1 Å². The third kappa shape index (κ3) is 4.69. The Labute approximate surface area is 172 Å². The molecule has 1 N–H and O–H groups in total. The second kappa shape index (κ2) is 8.42. The molecule has 2 aromatic carbocycles. The molecule has 7 heteroatoms. The Morgan fingerprint density at radius 2 is 1.70 bits per heavy atom. The third-order valence-electron chi connectivity index (χ3n) is 4.40. The summed E-state index contributed by atoms with van der Waals surface area (Å²) in [6.45, 7) is 3.92. The molecule has 0 aliphatic heterocycles. The van der Waals surface area contributed by atoms with E-state index in [9.17, 15) is 5.11 Å². The van der Waals surface area contributed by atoms with E-state index in [0.29, 0.717) is 16.1 Å². The molecule has 2 unspecified atom stereocenters. The zero-order valence-corrected chi connectivity index (χ0v) is 17.4. The van der Waals surface area contributed by atoms with Crippen LogP contribution in [0.2, 0.25) is 5.02 Å². The van der Waals surface area contributed by atoms with Gasteiger partial charge in [-0.3, -0.25) is 0 Å². The van der Waals surface area contributed by atoms with Gasteiger partial charge in [-0.25, -0.2) is 9.67 Å². The van der Waals surface area contributed by atoms with Gasteiger partial charge in [-0.05, 0) is 35.4 Å². The van der Waals surface area contributed by atoms with E-state index >= 15 is 0 Å². The summed E-state index contributed by atoms with van der Waals surface area (Å²) >= 11 is 9.41. The molecular weight excluding hydrogens is 430 g/mol. The second-order valence-corrected chi connectivity index (χ2v) is 7.98. The Morgan fingerprint density at radius 1 is 1.11 bits per heavy atom. The predicted octanol–water partition coefficient (Wildman–Crippen LogP) is 4.96. The van der Waals surface area contributed by atoms with Gasteiger partial charge in [0.1, 0.15) is 24.5 Å². The fraction of sp³-hybridized carbons (Fsp3) is 0.300. The molecule has 3 aromatic rings. The van der Waals surface area contributed by atoms with Crippen LogP contribution in [0, 0.1) is 5.41 Å². The first-order valence-electron chi connectivity index (χ1n) is 8.51. The molecule has 0 spiro atoms. The Bertz CT molecular complexity index is 852. The van der Waals surface area contributed by atoms with Crippen LogP contribution in [0.3, 0.4) is 0 Å². The van der Waals surface area contributed by atoms with Gasteiger partial charge >= 0.3 is 0 Å². The number of ether oxygens (including phenoxy) is 1. The summed E-state index contributed by atoms with van der Waals surface area (Å²) in [5.74, 6) is 0.637. The molecule has 0 bridgehead atoms. The maximum absolute atomic E-state index is 10.9. The molecule has 5 nitrogen and oxygen atoms in total. The first-order chi connectivity index (χ1) is 12.9. The lowest BCUT2D eigenvalue weighted by atomic mass is 9.88. The van der Waals surface area contributed by atoms with Crippen LogP contribution in [0.1, 0.15) is 20.1 Å². The van der Waals surface area contributed by atoms with Gasteiger partial charge in [-0.15, -0.1) is 0 Å². The SMILES string of the molecule is CC(C)(CBr)C(O)C(Oc1ccc(-c2ccc(Cl)cc2)cc1)n1cncn1. The molecule has 0 saturated heterocycles. The molecule has 0 aliphatic rings. The minimum atomic E-state index is -0.797. The zero-order chi connectivity index (χ0) is 19.4. The summed E-state index contributed by atoms with van der Waals surface area (Å²) in [5, 5.41) is 16.3. The molecule has 2 atom stereocenters. The average molecular weight is 451 g/mol. The van der Waals surface area contributed by atoms with E-state index in [-0.39, 0.29) is 0 Å². The van der Waals surface area contributed by atoms with Crippen molar-refractivity contribution in [3.63, 3.8) is 0 Å². The highest BCUT2D eigenvalue weighted by molar-refractivity contribution is 9.09. The lowest BCUT2D eigenvalue weighted by molar-refractivity contribution is -0.0710. The van der Waals surface area contributed by atoms with E-state index in [1.807, 2.05) is 62.4 Å². The van der Waals surface area contributed by atoms with E-state index in [1.54, 1.807) is 6.33 Å². The van der Waals surface area contributed by atoms with Crippen LogP contribution < -0.4 is 4.74 Å². The molecule has 0 fully saturated rings. The van der Waals surface area contributed by atoms with Gasteiger partial charge in [-0.2, -0.15) is 5.10 Å². The van der Waals surface area contributed by atoms with Crippen molar-refractivity contribution in [3.05, 3.63) is 66.2 Å². The van der Waals surface area contributed by atoms with Gasteiger partial charge in [0, 0.05) is 15.8 Å². The molecule has 0 aliphatic carbocycles. The predicted molar refractivity (Wildman–Crippen MR) is 110 cm³/mol. The molecule has 3 rings (SSSR count). The van der Waals surface area contributed by atoms with Gasteiger partial charge in [0.2, 0.25) is 6.23 Å². The number of aliphatic hydroxyl groups excluding tert-OH is 1. The van der Waals surface area contributed by atoms with Gasteiger partial charge in [0.25, 0.3) is 0 Å². The smallest absolute Gasteiger partial charge is 0.219 e. The summed E-state index contributed by atoms with van der Waals surface area (Å²) in [6.07, 6.45) is 1.48. The lowest BCUT2D eigenvalue weighted by Crippen LogP contribution is -2.41. The largest absolute Gasteiger partial charge is 0.466 e. The molecule has 0 amide bonds. The van der Waals surface area contributed by atoms with Crippen LogP contribution >= 0.6 is 27.5 Å². The Balaban J connectivity index is 1.82. The molecule has 0 radical (unpaired) electrons. The van der Waals surface area contributed by atoms with Crippen molar-refractivity contribution in [2.45, 2.75) is 26.2 Å². The average Bonchev–Trinajstić information content (AvgIpc) is 3.21. The number of nitrogens with zero attached hydrogens (tertiary/aromatic N) is 3. The second-order valence-electron chi connectivity index (χ2n) is 6.98. The summed E-state index contributed by atoms with van der Waals surface area (Å²) in [7, 11) is 0. The number of aliphatic hydroxyl groups is 1. The van der Waals surface area contributed by atoms with Crippen molar-refractivity contribution in [2.75, 3.05) is 5.33 Å². The van der Waals surface area contributed by atoms with E-state index < -0.39 is 17.7 Å². The molecule has 27 heavy (non-hydrogen) atoms. The number of benzene rings is 2. The number of alkyl halides is 1. The maximum Gasteiger partial charge on any atom is 0.219 e. The number of halogens is 2. The minimum Gasteiger partial charge on any atom is -0.466 e. The summed E-state index contributed by atoms with van der Waals surface area (Å²) < 4.78 is 7.62. The van der Waals surface area contributed by atoms with Crippen molar-refractivity contribution in [1.29, 1.82) is 0 Å². The van der Waals surface area contributed by atoms with Crippen molar-refractivity contribution in [2.24, 2.45) is 5.41 Å². The van der Waals surface area contributed by atoms with Crippen molar-refractivity contribution >= 4 is 27.5 Å². The maximum atomic E-state index is 10.9. The number of hydrogen-bond acceptors (Lipinski definition) is 4. The van der Waals surface area contributed by atoms with E-state index in [1.165, 1.54) is 11.0 Å². The topological polar surface area (TPSA) is 60.2 Å². The van der Waals surface area contributed by atoms with Crippen LogP contribution in [0.4, 0.5) is 0 Å². The van der Waals surface area contributed by atoms with Crippen LogP contribution in [0.25, 0.3) is 11.1 Å². The first-order valence-corrected chi connectivity index (χ1v) is 10.0. The van der Waals surface area contributed by atoms with Crippen molar-refractivity contribution in [3.8, 4) is 16.9 Å². The quantitative estimate of drug-likeness (QED) is 0.517. The standard InChI is InChI=1S/C20H21BrClN3O2/c1-20(2,11-21)18(26)19(25-13-23-12-24-25)27-17-9-5-15(6-10-17)14-3-7-16(22)8-4-14/h3-10,12-13,18-19,26H,11H2,1-2H3. The summed E-state index contributed by atoms with van der Waals surface area (Å²) in [4.78, 5) is 3.97. The molecule has 1 heterocycles. The van der Waals surface area contributed by atoms with Crippen LogP contribution in [0.5, 0.6) is 5.75 Å². The molecule has 1 aromatic heterocycles. The van der Waals surface area contributed by atoms with Gasteiger partial charge in [0.15, 0.2) is 0 Å². The van der Waals surface area contributed by atoms with E-state index in [4.69, 9.17) is 16.3 Å². The Hall–Kier alpha value is -1.89. The van der Waals surface area contributed by atoms with Gasteiger partial charge < -0.3 is 9.84 Å². The number of rotatable bonds is 7. The van der Waals surface area contributed by atoms with Crippen LogP contribution in [-0.4, -0.2) is 31.3 Å². The normalized spacial score (nSPS) is 14.0. The van der Waals surface area contributed by atoms with E-state index in [2.05, 4.69) is 26.0 Å².